The monoisotopic (exact) mass is 668 g/mol. The standard InChI is InChI=1S/C39H60N2O7/c1-7-33(43)30(5)38-35(46-38)25-39(6,45)19-11-12-28(3)37-29(4)16-18-34(27(2)15-17-32(42)24-36(44)47-37)48-41-22-20-40(21-23-41)26-31-13-9-8-10-14-31/h8-14,16,18-19,27,29-30,32-35,37-38,42-43,45H,7,15,17,20-26H2,1-6H3/b18-16+,19-11+,28-12+. The minimum atomic E-state index is -1.10. The minimum Gasteiger partial charge on any atom is -0.457 e. The van der Waals surface area contributed by atoms with Gasteiger partial charge in [0.05, 0.1) is 42.5 Å². The fourth-order valence-electron chi connectivity index (χ4n) is 6.79. The van der Waals surface area contributed by atoms with Crippen LogP contribution in [0.4, 0.5) is 0 Å². The zero-order chi connectivity index (χ0) is 34.8. The second kappa shape index (κ2) is 18.0. The molecule has 48 heavy (non-hydrogen) atoms. The number of hydrogen-bond donors (Lipinski definition) is 3. The number of aliphatic hydroxyl groups excluding tert-OH is 2. The van der Waals surface area contributed by atoms with Crippen LogP contribution in [0.25, 0.3) is 0 Å². The number of nitrogens with zero attached hydrogens (tertiary/aromatic N) is 2. The Labute approximate surface area is 288 Å². The van der Waals surface area contributed by atoms with Crippen LogP contribution < -0.4 is 0 Å². The number of aliphatic hydroxyl groups is 3. The molecule has 4 rings (SSSR count). The summed E-state index contributed by atoms with van der Waals surface area (Å²) in [4.78, 5) is 21.9. The Morgan fingerprint density at radius 3 is 2.52 bits per heavy atom. The average molecular weight is 669 g/mol. The molecule has 0 aromatic heterocycles. The van der Waals surface area contributed by atoms with Gasteiger partial charge in [0.1, 0.15) is 6.10 Å². The van der Waals surface area contributed by atoms with Gasteiger partial charge >= 0.3 is 5.97 Å². The molecule has 10 atom stereocenters. The van der Waals surface area contributed by atoms with E-state index >= 15 is 0 Å². The van der Waals surface area contributed by atoms with Gasteiger partial charge in [-0.05, 0) is 50.2 Å². The number of carbonyl (C=O) groups is 1. The van der Waals surface area contributed by atoms with E-state index in [0.29, 0.717) is 19.3 Å². The number of epoxide rings is 1. The van der Waals surface area contributed by atoms with Gasteiger partial charge in [-0.1, -0.05) is 88.4 Å². The van der Waals surface area contributed by atoms with Crippen molar-refractivity contribution in [3.05, 3.63) is 71.8 Å². The summed E-state index contributed by atoms with van der Waals surface area (Å²) in [7, 11) is 0. The fourth-order valence-corrected chi connectivity index (χ4v) is 6.79. The van der Waals surface area contributed by atoms with E-state index in [0.717, 1.165) is 44.7 Å². The number of piperazine rings is 1. The molecule has 9 heteroatoms. The van der Waals surface area contributed by atoms with Crippen LogP contribution in [0.3, 0.4) is 0 Å². The summed E-state index contributed by atoms with van der Waals surface area (Å²) in [6.45, 7) is 16.2. The van der Waals surface area contributed by atoms with E-state index in [1.807, 2.05) is 39.8 Å². The van der Waals surface area contributed by atoms with Crippen LogP contribution in [0.2, 0.25) is 0 Å². The number of ether oxygens (including phenoxy) is 2. The topological polar surface area (TPSA) is 115 Å². The predicted molar refractivity (Wildman–Crippen MR) is 188 cm³/mol. The van der Waals surface area contributed by atoms with Gasteiger partial charge in [-0.25, -0.2) is 0 Å². The van der Waals surface area contributed by atoms with E-state index < -0.39 is 29.9 Å². The Balaban J connectivity index is 1.39. The summed E-state index contributed by atoms with van der Waals surface area (Å²) in [6, 6.07) is 10.5. The lowest BCUT2D eigenvalue weighted by Crippen LogP contribution is -2.47. The summed E-state index contributed by atoms with van der Waals surface area (Å²) in [5, 5.41) is 34.0. The van der Waals surface area contributed by atoms with Crippen molar-refractivity contribution in [2.45, 2.75) is 122 Å². The maximum absolute atomic E-state index is 12.9. The lowest BCUT2D eigenvalue weighted by Gasteiger charge is -2.37. The molecule has 10 unspecified atom stereocenters. The van der Waals surface area contributed by atoms with Gasteiger partial charge in [0, 0.05) is 51.0 Å². The minimum absolute atomic E-state index is 0.0221. The number of benzene rings is 1. The second-order valence-corrected chi connectivity index (χ2v) is 14.6. The van der Waals surface area contributed by atoms with E-state index in [1.54, 1.807) is 19.1 Å². The molecule has 3 aliphatic rings. The van der Waals surface area contributed by atoms with Crippen molar-refractivity contribution in [1.29, 1.82) is 0 Å². The molecule has 0 spiro atoms. The van der Waals surface area contributed by atoms with Crippen LogP contribution in [-0.4, -0.2) is 99.7 Å². The Kier molecular flexibility index (Phi) is 14.4. The molecule has 0 bridgehead atoms. The lowest BCUT2D eigenvalue weighted by molar-refractivity contribution is -0.211. The highest BCUT2D eigenvalue weighted by Crippen LogP contribution is 2.37. The number of esters is 1. The van der Waals surface area contributed by atoms with Crippen molar-refractivity contribution in [2.24, 2.45) is 17.8 Å². The molecule has 2 fully saturated rings. The molecule has 0 saturated carbocycles. The summed E-state index contributed by atoms with van der Waals surface area (Å²) in [6.07, 6.45) is 9.80. The molecule has 1 aromatic carbocycles. The molecule has 0 radical (unpaired) electrons. The number of carbonyl (C=O) groups excluding carboxylic acids is 1. The van der Waals surface area contributed by atoms with E-state index in [2.05, 4.69) is 53.3 Å². The Morgan fingerprint density at radius 1 is 1.12 bits per heavy atom. The van der Waals surface area contributed by atoms with Crippen molar-refractivity contribution in [3.8, 4) is 0 Å². The van der Waals surface area contributed by atoms with Crippen molar-refractivity contribution in [1.82, 2.24) is 9.96 Å². The number of allylic oxidation sites excluding steroid dienone is 2. The summed E-state index contributed by atoms with van der Waals surface area (Å²) >= 11 is 0. The molecule has 2 saturated heterocycles. The van der Waals surface area contributed by atoms with Gasteiger partial charge in [-0.15, -0.1) is 0 Å². The van der Waals surface area contributed by atoms with Crippen LogP contribution >= 0.6 is 0 Å². The molecule has 3 aliphatic heterocycles. The van der Waals surface area contributed by atoms with Crippen LogP contribution in [0.5, 0.6) is 0 Å². The average Bonchev–Trinajstić information content (AvgIpc) is 3.82. The van der Waals surface area contributed by atoms with Gasteiger partial charge in [-0.2, -0.15) is 5.06 Å². The first-order chi connectivity index (χ1) is 22.8. The molecular weight excluding hydrogens is 608 g/mol. The summed E-state index contributed by atoms with van der Waals surface area (Å²) in [5.74, 6) is -0.409. The predicted octanol–water partition coefficient (Wildman–Crippen LogP) is 5.21. The number of cyclic esters (lactones) is 1. The third-order valence-corrected chi connectivity index (χ3v) is 10.2. The number of hydroxylamine groups is 2. The lowest BCUT2D eigenvalue weighted by atomic mass is 9.91. The molecule has 3 N–H and O–H groups in total. The Hall–Kier alpha value is -2.37. The highest BCUT2D eigenvalue weighted by molar-refractivity contribution is 5.70. The van der Waals surface area contributed by atoms with E-state index in [9.17, 15) is 20.1 Å². The summed E-state index contributed by atoms with van der Waals surface area (Å²) < 4.78 is 11.7. The first-order valence-electron chi connectivity index (χ1n) is 18.0. The number of rotatable bonds is 12. The van der Waals surface area contributed by atoms with E-state index in [-0.39, 0.29) is 42.5 Å². The van der Waals surface area contributed by atoms with Gasteiger partial charge in [-0.3, -0.25) is 14.5 Å². The molecule has 1 aromatic rings. The van der Waals surface area contributed by atoms with Crippen LogP contribution in [0, 0.1) is 17.8 Å². The van der Waals surface area contributed by atoms with Crippen molar-refractivity contribution in [2.75, 3.05) is 26.2 Å². The van der Waals surface area contributed by atoms with Crippen LogP contribution in [0.15, 0.2) is 66.3 Å². The molecule has 0 aliphatic carbocycles. The normalized spacial score (nSPS) is 33.2. The summed E-state index contributed by atoms with van der Waals surface area (Å²) in [5.41, 5.74) is 1.05. The molecule has 9 nitrogen and oxygen atoms in total. The molecule has 3 heterocycles. The third-order valence-electron chi connectivity index (χ3n) is 10.2. The van der Waals surface area contributed by atoms with E-state index in [4.69, 9.17) is 14.3 Å². The van der Waals surface area contributed by atoms with Crippen molar-refractivity contribution >= 4 is 5.97 Å². The van der Waals surface area contributed by atoms with Gasteiger partial charge in [0.25, 0.3) is 0 Å². The number of hydrogen-bond acceptors (Lipinski definition) is 9. The Morgan fingerprint density at radius 2 is 1.83 bits per heavy atom. The quantitative estimate of drug-likeness (QED) is 0.120. The largest absolute Gasteiger partial charge is 0.457 e. The third kappa shape index (κ3) is 11.9. The SMILES string of the molecule is CCC(O)C(C)C1OC1CC(C)(O)/C=C/C=C(\C)C1OC(=O)CC(O)CCC(C)C(ON2CCN(Cc3ccccc3)CC2)/C=C/C1C. The first-order valence-corrected chi connectivity index (χ1v) is 18.0. The zero-order valence-corrected chi connectivity index (χ0v) is 29.9. The van der Waals surface area contributed by atoms with Crippen LogP contribution in [0.1, 0.15) is 79.2 Å². The van der Waals surface area contributed by atoms with Gasteiger partial charge in [0.2, 0.25) is 0 Å². The highest BCUT2D eigenvalue weighted by atomic mass is 16.7. The fraction of sp³-hybridized carbons (Fsp3) is 0.667. The maximum Gasteiger partial charge on any atom is 0.309 e. The van der Waals surface area contributed by atoms with E-state index in [1.165, 1.54) is 5.56 Å². The zero-order valence-electron chi connectivity index (χ0n) is 29.9. The first kappa shape index (κ1) is 38.4. The maximum atomic E-state index is 12.9. The second-order valence-electron chi connectivity index (χ2n) is 14.6. The molecular formula is C39H60N2O7. The molecule has 268 valence electrons. The molecule has 0 amide bonds. The van der Waals surface area contributed by atoms with Gasteiger partial charge < -0.3 is 24.8 Å². The highest BCUT2D eigenvalue weighted by Gasteiger charge is 2.47. The van der Waals surface area contributed by atoms with Crippen molar-refractivity contribution < 1.29 is 34.4 Å². The van der Waals surface area contributed by atoms with Crippen molar-refractivity contribution in [3.63, 3.8) is 0 Å². The smallest absolute Gasteiger partial charge is 0.309 e. The Bertz CT molecular complexity index is 1230. The van der Waals surface area contributed by atoms with Crippen LogP contribution in [-0.2, 0) is 25.7 Å². The van der Waals surface area contributed by atoms with Gasteiger partial charge in [0.15, 0.2) is 0 Å².